The summed E-state index contributed by atoms with van der Waals surface area (Å²) in [5, 5.41) is 9.78. The Balaban J connectivity index is 2.04. The lowest BCUT2D eigenvalue weighted by atomic mass is 10.1. The highest BCUT2D eigenvalue weighted by molar-refractivity contribution is 7.80. The van der Waals surface area contributed by atoms with Crippen LogP contribution < -0.4 is 0 Å². The van der Waals surface area contributed by atoms with Crippen molar-refractivity contribution in [3.8, 4) is 5.75 Å². The Hall–Kier alpha value is -1.13. The average molecular weight is 251 g/mol. The van der Waals surface area contributed by atoms with Crippen LogP contribution in [0.2, 0.25) is 0 Å². The molecule has 1 saturated heterocycles. The van der Waals surface area contributed by atoms with Crippen molar-refractivity contribution in [1.82, 2.24) is 4.90 Å². The third-order valence-corrected chi connectivity index (χ3v) is 3.34. The van der Waals surface area contributed by atoms with Crippen LogP contribution in [0.15, 0.2) is 18.2 Å². The van der Waals surface area contributed by atoms with Gasteiger partial charge in [0.15, 0.2) is 0 Å². The van der Waals surface area contributed by atoms with E-state index < -0.39 is 0 Å². The van der Waals surface area contributed by atoms with Crippen LogP contribution in [-0.2, 0) is 11.2 Å². The van der Waals surface area contributed by atoms with Gasteiger partial charge in [0, 0.05) is 25.1 Å². The number of nitrogens with zero attached hydrogens (tertiary/aromatic N) is 1. The quantitative estimate of drug-likeness (QED) is 0.814. The molecule has 4 heteroatoms. The molecule has 92 valence electrons. The second-order valence-corrected chi connectivity index (χ2v) is 4.77. The van der Waals surface area contributed by atoms with Crippen LogP contribution in [0.3, 0.4) is 0 Å². The Bertz CT molecular complexity index is 414. The summed E-state index contributed by atoms with van der Waals surface area (Å²) in [5.74, 6) is 0.325. The van der Waals surface area contributed by atoms with E-state index in [1.165, 1.54) is 0 Å². The number of aromatic hydroxyl groups is 1. The first-order chi connectivity index (χ1) is 8.16. The highest BCUT2D eigenvalue weighted by atomic mass is 32.1. The molecule has 1 aromatic carbocycles. The van der Waals surface area contributed by atoms with Gasteiger partial charge in [-0.15, -0.1) is 0 Å². The lowest BCUT2D eigenvalue weighted by molar-refractivity contribution is 0.0684. The van der Waals surface area contributed by atoms with Gasteiger partial charge in [-0.05, 0) is 13.0 Å². The number of hydrogen-bond acceptors (Lipinski definition) is 3. The Kier molecular flexibility index (Phi) is 3.97. The van der Waals surface area contributed by atoms with E-state index in [0.29, 0.717) is 12.2 Å². The van der Waals surface area contributed by atoms with Crippen LogP contribution in [0.1, 0.15) is 11.1 Å². The highest BCUT2D eigenvalue weighted by Gasteiger charge is 2.15. The maximum atomic E-state index is 9.78. The van der Waals surface area contributed by atoms with Gasteiger partial charge in [-0.2, -0.15) is 0 Å². The first kappa shape index (κ1) is 12.3. The van der Waals surface area contributed by atoms with Crippen molar-refractivity contribution in [1.29, 1.82) is 0 Å². The van der Waals surface area contributed by atoms with E-state index in [1.807, 2.05) is 19.1 Å². The zero-order chi connectivity index (χ0) is 12.3. The van der Waals surface area contributed by atoms with Crippen molar-refractivity contribution in [3.63, 3.8) is 0 Å². The molecular formula is C13H17NO2S. The van der Waals surface area contributed by atoms with Crippen LogP contribution in [0.5, 0.6) is 5.75 Å². The van der Waals surface area contributed by atoms with Gasteiger partial charge in [0.05, 0.1) is 18.2 Å². The minimum atomic E-state index is 0.325. The van der Waals surface area contributed by atoms with Gasteiger partial charge in [-0.3, -0.25) is 0 Å². The summed E-state index contributed by atoms with van der Waals surface area (Å²) >= 11 is 5.42. The van der Waals surface area contributed by atoms with Crippen molar-refractivity contribution < 1.29 is 9.84 Å². The van der Waals surface area contributed by atoms with Crippen molar-refractivity contribution in [2.24, 2.45) is 0 Å². The SMILES string of the molecule is Cc1ccc(O)c(CC(=S)N2CCOCC2)c1. The fourth-order valence-electron chi connectivity index (χ4n) is 1.94. The molecule has 2 rings (SSSR count). The van der Waals surface area contributed by atoms with Crippen molar-refractivity contribution in [3.05, 3.63) is 29.3 Å². The minimum absolute atomic E-state index is 0.325. The maximum absolute atomic E-state index is 9.78. The molecule has 1 heterocycles. The molecule has 17 heavy (non-hydrogen) atoms. The first-order valence-electron chi connectivity index (χ1n) is 5.81. The van der Waals surface area contributed by atoms with Crippen LogP contribution in [0.25, 0.3) is 0 Å². The Labute approximate surface area is 107 Å². The van der Waals surface area contributed by atoms with Gasteiger partial charge in [-0.25, -0.2) is 0 Å². The van der Waals surface area contributed by atoms with Gasteiger partial charge in [0.2, 0.25) is 0 Å². The largest absolute Gasteiger partial charge is 0.508 e. The molecule has 1 aliphatic heterocycles. The second kappa shape index (κ2) is 5.47. The number of aryl methyl sites for hydroxylation is 1. The topological polar surface area (TPSA) is 32.7 Å². The molecule has 1 aromatic rings. The van der Waals surface area contributed by atoms with E-state index in [2.05, 4.69) is 4.90 Å². The van der Waals surface area contributed by atoms with E-state index >= 15 is 0 Å². The van der Waals surface area contributed by atoms with Crippen LogP contribution in [0.4, 0.5) is 0 Å². The van der Waals surface area contributed by atoms with E-state index in [9.17, 15) is 5.11 Å². The molecule has 0 spiro atoms. The molecule has 0 bridgehead atoms. The highest BCUT2D eigenvalue weighted by Crippen LogP contribution is 2.20. The summed E-state index contributed by atoms with van der Waals surface area (Å²) < 4.78 is 5.29. The molecule has 1 fully saturated rings. The summed E-state index contributed by atoms with van der Waals surface area (Å²) in [6.07, 6.45) is 0.628. The Morgan fingerprint density at radius 2 is 2.12 bits per heavy atom. The fraction of sp³-hybridized carbons (Fsp3) is 0.462. The van der Waals surface area contributed by atoms with Gasteiger partial charge in [-0.1, -0.05) is 29.9 Å². The summed E-state index contributed by atoms with van der Waals surface area (Å²) in [6.45, 7) is 5.19. The number of ether oxygens (including phenoxy) is 1. The third-order valence-electron chi connectivity index (χ3n) is 2.94. The number of rotatable bonds is 2. The fourth-order valence-corrected chi connectivity index (χ4v) is 2.28. The number of benzene rings is 1. The number of phenols is 1. The molecule has 0 saturated carbocycles. The molecule has 0 aliphatic carbocycles. The third kappa shape index (κ3) is 3.17. The zero-order valence-corrected chi connectivity index (χ0v) is 10.8. The number of thiocarbonyl (C=S) groups is 1. The van der Waals surface area contributed by atoms with E-state index in [4.69, 9.17) is 17.0 Å². The van der Waals surface area contributed by atoms with Crippen LogP contribution in [-0.4, -0.2) is 41.3 Å². The van der Waals surface area contributed by atoms with E-state index in [0.717, 1.165) is 42.4 Å². The summed E-state index contributed by atoms with van der Waals surface area (Å²) in [4.78, 5) is 3.04. The number of hydrogen-bond donors (Lipinski definition) is 1. The standard InChI is InChI=1S/C13H17NO2S/c1-10-2-3-12(15)11(8-10)9-13(17)14-4-6-16-7-5-14/h2-3,8,15H,4-7,9H2,1H3. The molecule has 0 amide bonds. The smallest absolute Gasteiger partial charge is 0.119 e. The number of morpholine rings is 1. The molecule has 0 atom stereocenters. The molecule has 0 unspecified atom stereocenters. The minimum Gasteiger partial charge on any atom is -0.508 e. The van der Waals surface area contributed by atoms with Crippen molar-refractivity contribution in [2.75, 3.05) is 26.3 Å². The molecule has 0 aromatic heterocycles. The molecule has 0 radical (unpaired) electrons. The Morgan fingerprint density at radius 1 is 1.41 bits per heavy atom. The van der Waals surface area contributed by atoms with Crippen molar-refractivity contribution >= 4 is 17.2 Å². The lowest BCUT2D eigenvalue weighted by Crippen LogP contribution is -2.40. The van der Waals surface area contributed by atoms with Crippen LogP contribution >= 0.6 is 12.2 Å². The monoisotopic (exact) mass is 251 g/mol. The van der Waals surface area contributed by atoms with Gasteiger partial charge >= 0.3 is 0 Å². The number of phenolic OH excluding ortho intramolecular Hbond substituents is 1. The van der Waals surface area contributed by atoms with E-state index in [1.54, 1.807) is 6.07 Å². The lowest BCUT2D eigenvalue weighted by Gasteiger charge is -2.29. The Morgan fingerprint density at radius 3 is 2.82 bits per heavy atom. The van der Waals surface area contributed by atoms with Gasteiger partial charge < -0.3 is 14.7 Å². The van der Waals surface area contributed by atoms with Crippen LogP contribution in [0, 0.1) is 6.92 Å². The maximum Gasteiger partial charge on any atom is 0.119 e. The first-order valence-corrected chi connectivity index (χ1v) is 6.21. The molecular weight excluding hydrogens is 234 g/mol. The summed E-state index contributed by atoms with van der Waals surface area (Å²) in [7, 11) is 0. The predicted octanol–water partition coefficient (Wildman–Crippen LogP) is 1.90. The zero-order valence-electron chi connectivity index (χ0n) is 9.98. The predicted molar refractivity (Wildman–Crippen MR) is 71.5 cm³/mol. The molecule has 1 N–H and O–H groups in total. The van der Waals surface area contributed by atoms with Crippen molar-refractivity contribution in [2.45, 2.75) is 13.3 Å². The summed E-state index contributed by atoms with van der Waals surface area (Å²) in [6, 6.07) is 5.62. The second-order valence-electron chi connectivity index (χ2n) is 4.30. The van der Waals surface area contributed by atoms with E-state index in [-0.39, 0.29) is 0 Å². The van der Waals surface area contributed by atoms with Gasteiger partial charge in [0.25, 0.3) is 0 Å². The normalized spacial score (nSPS) is 15.9. The molecule has 1 aliphatic rings. The average Bonchev–Trinajstić information content (AvgIpc) is 2.35. The summed E-state index contributed by atoms with van der Waals surface area (Å²) in [5.41, 5.74) is 2.05. The van der Waals surface area contributed by atoms with Gasteiger partial charge in [0.1, 0.15) is 5.75 Å². The molecule has 3 nitrogen and oxygen atoms in total.